The van der Waals surface area contributed by atoms with Crippen LogP contribution in [-0.2, 0) is 10.0 Å². The first kappa shape index (κ1) is 18.5. The molecule has 1 aliphatic rings. The predicted molar refractivity (Wildman–Crippen MR) is 94.8 cm³/mol. The molecule has 2 aromatic rings. The van der Waals surface area contributed by atoms with Crippen molar-refractivity contribution in [1.82, 2.24) is 9.21 Å². The summed E-state index contributed by atoms with van der Waals surface area (Å²) in [6.45, 7) is 0.784. The van der Waals surface area contributed by atoms with Crippen molar-refractivity contribution in [2.75, 3.05) is 26.2 Å². The molecule has 0 unspecified atom stereocenters. The van der Waals surface area contributed by atoms with Crippen LogP contribution in [0.2, 0.25) is 15.1 Å². The summed E-state index contributed by atoms with van der Waals surface area (Å²) in [5.41, 5.74) is 0. The van der Waals surface area contributed by atoms with Crippen molar-refractivity contribution in [2.24, 2.45) is 0 Å². The number of rotatable bonds is 3. The molecule has 0 saturated carbocycles. The molecule has 0 aliphatic carbocycles. The molecule has 2 heterocycles. The topological polar surface area (TPSA) is 70.8 Å². The van der Waals surface area contributed by atoms with Crippen LogP contribution in [0.4, 0.5) is 0 Å². The van der Waals surface area contributed by atoms with Crippen LogP contribution in [0, 0.1) is 0 Å². The molecule has 10 heteroatoms. The van der Waals surface area contributed by atoms with Gasteiger partial charge in [0.15, 0.2) is 5.76 Å². The average molecular weight is 424 g/mol. The molecule has 1 aromatic heterocycles. The number of hydrogen-bond acceptors (Lipinski definition) is 4. The minimum Gasteiger partial charge on any atom is -0.459 e. The van der Waals surface area contributed by atoms with Crippen molar-refractivity contribution in [3.63, 3.8) is 0 Å². The highest BCUT2D eigenvalue weighted by molar-refractivity contribution is 7.89. The zero-order valence-corrected chi connectivity index (χ0v) is 15.9. The van der Waals surface area contributed by atoms with E-state index in [2.05, 4.69) is 0 Å². The normalized spacial score (nSPS) is 16.2. The van der Waals surface area contributed by atoms with Crippen LogP contribution in [0.5, 0.6) is 0 Å². The molecule has 1 saturated heterocycles. The van der Waals surface area contributed by atoms with E-state index in [-0.39, 0.29) is 57.8 Å². The Balaban J connectivity index is 1.76. The quantitative estimate of drug-likeness (QED) is 0.710. The molecule has 1 aliphatic heterocycles. The zero-order chi connectivity index (χ0) is 18.2. The second-order valence-electron chi connectivity index (χ2n) is 5.37. The molecule has 1 fully saturated rings. The third-order valence-electron chi connectivity index (χ3n) is 3.85. The number of furan rings is 1. The number of carbonyl (C=O) groups is 1. The molecule has 134 valence electrons. The van der Waals surface area contributed by atoms with Gasteiger partial charge in [0.25, 0.3) is 5.91 Å². The van der Waals surface area contributed by atoms with Gasteiger partial charge in [-0.05, 0) is 24.3 Å². The molecule has 3 rings (SSSR count). The number of carbonyl (C=O) groups excluding carboxylic acids is 1. The van der Waals surface area contributed by atoms with E-state index in [1.54, 1.807) is 17.0 Å². The number of nitrogens with zero attached hydrogens (tertiary/aromatic N) is 2. The Morgan fingerprint density at radius 3 is 2.24 bits per heavy atom. The van der Waals surface area contributed by atoms with Crippen LogP contribution >= 0.6 is 34.8 Å². The third kappa shape index (κ3) is 3.66. The molecular formula is C15H13Cl3N2O4S. The Labute approximate surface area is 159 Å². The van der Waals surface area contributed by atoms with Gasteiger partial charge < -0.3 is 9.32 Å². The minimum atomic E-state index is -3.84. The van der Waals surface area contributed by atoms with E-state index in [0.717, 1.165) is 0 Å². The standard InChI is InChI=1S/C15H13Cl3N2O4S/c16-10-8-12(18)14(9-11(10)17)25(22,23)20-5-3-19(4-6-20)15(21)13-2-1-7-24-13/h1-2,7-9H,3-6H2. The minimum absolute atomic E-state index is 0.00323. The highest BCUT2D eigenvalue weighted by Crippen LogP contribution is 2.33. The fraction of sp³-hybridized carbons (Fsp3) is 0.267. The first-order chi connectivity index (χ1) is 11.8. The van der Waals surface area contributed by atoms with Gasteiger partial charge in [0.2, 0.25) is 10.0 Å². The number of hydrogen-bond donors (Lipinski definition) is 0. The lowest BCUT2D eigenvalue weighted by Crippen LogP contribution is -2.50. The van der Waals surface area contributed by atoms with Gasteiger partial charge in [-0.25, -0.2) is 8.42 Å². The molecule has 0 bridgehead atoms. The maximum absolute atomic E-state index is 12.8. The van der Waals surface area contributed by atoms with Crippen LogP contribution in [0.15, 0.2) is 39.8 Å². The Morgan fingerprint density at radius 1 is 1.00 bits per heavy atom. The Hall–Kier alpha value is -1.25. The lowest BCUT2D eigenvalue weighted by atomic mass is 10.3. The van der Waals surface area contributed by atoms with E-state index >= 15 is 0 Å². The lowest BCUT2D eigenvalue weighted by molar-refractivity contribution is 0.0666. The summed E-state index contributed by atoms with van der Waals surface area (Å²) < 4.78 is 31.9. The van der Waals surface area contributed by atoms with Gasteiger partial charge in [0, 0.05) is 26.2 Å². The summed E-state index contributed by atoms with van der Waals surface area (Å²) in [7, 11) is -3.84. The molecule has 0 atom stereocenters. The monoisotopic (exact) mass is 422 g/mol. The summed E-state index contributed by atoms with van der Waals surface area (Å²) in [4.78, 5) is 13.7. The Bertz CT molecular complexity index is 892. The van der Waals surface area contributed by atoms with Crippen molar-refractivity contribution in [3.8, 4) is 0 Å². The van der Waals surface area contributed by atoms with Crippen molar-refractivity contribution < 1.29 is 17.6 Å². The van der Waals surface area contributed by atoms with Gasteiger partial charge in [-0.2, -0.15) is 4.31 Å². The summed E-state index contributed by atoms with van der Waals surface area (Å²) in [6.07, 6.45) is 1.42. The first-order valence-corrected chi connectivity index (χ1v) is 9.85. The zero-order valence-electron chi connectivity index (χ0n) is 12.8. The van der Waals surface area contributed by atoms with Crippen LogP contribution in [0.3, 0.4) is 0 Å². The second-order valence-corrected chi connectivity index (χ2v) is 8.50. The summed E-state index contributed by atoms with van der Waals surface area (Å²) in [5.74, 6) is -0.0431. The third-order valence-corrected chi connectivity index (χ3v) is 6.94. The smallest absolute Gasteiger partial charge is 0.289 e. The number of sulfonamides is 1. The summed E-state index contributed by atoms with van der Waals surface area (Å²) in [6, 6.07) is 5.73. The van der Waals surface area contributed by atoms with Gasteiger partial charge in [0.1, 0.15) is 4.90 Å². The van der Waals surface area contributed by atoms with E-state index in [4.69, 9.17) is 39.2 Å². The maximum atomic E-state index is 12.8. The van der Waals surface area contributed by atoms with E-state index < -0.39 is 10.0 Å². The fourth-order valence-electron chi connectivity index (χ4n) is 2.53. The summed E-state index contributed by atoms with van der Waals surface area (Å²) >= 11 is 17.8. The highest BCUT2D eigenvalue weighted by Gasteiger charge is 2.32. The molecule has 0 N–H and O–H groups in total. The molecule has 0 radical (unpaired) electrons. The molecular weight excluding hydrogens is 411 g/mol. The highest BCUT2D eigenvalue weighted by atomic mass is 35.5. The number of piperazine rings is 1. The van der Waals surface area contributed by atoms with E-state index in [0.29, 0.717) is 0 Å². The van der Waals surface area contributed by atoms with Crippen LogP contribution < -0.4 is 0 Å². The van der Waals surface area contributed by atoms with E-state index in [9.17, 15) is 13.2 Å². The van der Waals surface area contributed by atoms with Gasteiger partial charge in [0.05, 0.1) is 21.3 Å². The van der Waals surface area contributed by atoms with Gasteiger partial charge >= 0.3 is 0 Å². The van der Waals surface area contributed by atoms with Crippen molar-refractivity contribution in [2.45, 2.75) is 4.90 Å². The van der Waals surface area contributed by atoms with Gasteiger partial charge in [-0.15, -0.1) is 0 Å². The van der Waals surface area contributed by atoms with Crippen LogP contribution in [0.1, 0.15) is 10.6 Å². The molecule has 1 aromatic carbocycles. The van der Waals surface area contributed by atoms with E-state index in [1.165, 1.54) is 22.7 Å². The molecule has 1 amide bonds. The SMILES string of the molecule is O=C(c1ccco1)N1CCN(S(=O)(=O)c2cc(Cl)c(Cl)cc2Cl)CC1. The predicted octanol–water partition coefficient (Wildman–Crippen LogP) is 3.39. The first-order valence-electron chi connectivity index (χ1n) is 7.28. The van der Waals surface area contributed by atoms with E-state index in [1.807, 2.05) is 0 Å². The maximum Gasteiger partial charge on any atom is 0.289 e. The molecule has 6 nitrogen and oxygen atoms in total. The number of amides is 1. The van der Waals surface area contributed by atoms with Crippen molar-refractivity contribution in [1.29, 1.82) is 0 Å². The Kier molecular flexibility index (Phi) is 5.31. The Morgan fingerprint density at radius 2 is 1.64 bits per heavy atom. The van der Waals surface area contributed by atoms with Crippen molar-refractivity contribution >= 4 is 50.7 Å². The van der Waals surface area contributed by atoms with Crippen molar-refractivity contribution in [3.05, 3.63) is 51.4 Å². The largest absolute Gasteiger partial charge is 0.459 e. The molecule has 0 spiro atoms. The van der Waals surface area contributed by atoms with Gasteiger partial charge in [-0.1, -0.05) is 34.8 Å². The fourth-order valence-corrected chi connectivity index (χ4v) is 4.93. The molecule has 25 heavy (non-hydrogen) atoms. The summed E-state index contributed by atoms with van der Waals surface area (Å²) in [5, 5.41) is 0.291. The van der Waals surface area contributed by atoms with Crippen LogP contribution in [-0.4, -0.2) is 49.7 Å². The number of benzene rings is 1. The van der Waals surface area contributed by atoms with Gasteiger partial charge in [-0.3, -0.25) is 4.79 Å². The average Bonchev–Trinajstić information content (AvgIpc) is 3.12. The number of halogens is 3. The van der Waals surface area contributed by atoms with Crippen LogP contribution in [0.25, 0.3) is 0 Å². The second kappa shape index (κ2) is 7.17. The lowest BCUT2D eigenvalue weighted by Gasteiger charge is -2.33.